The van der Waals surface area contributed by atoms with Gasteiger partial charge in [-0.1, -0.05) is 105 Å². The molecule has 63 heavy (non-hydrogen) atoms. The molecule has 2 aromatic heterocycles. The highest BCUT2D eigenvalue weighted by molar-refractivity contribution is 9.10. The smallest absolute Gasteiger partial charge is 0.272 e. The first-order valence-electron chi connectivity index (χ1n) is 20.1. The van der Waals surface area contributed by atoms with Crippen molar-refractivity contribution in [1.82, 2.24) is 50.2 Å². The van der Waals surface area contributed by atoms with Crippen molar-refractivity contribution >= 4 is 39.6 Å². The van der Waals surface area contributed by atoms with Crippen molar-refractivity contribution in [3.63, 3.8) is 0 Å². The van der Waals surface area contributed by atoms with Gasteiger partial charge in [-0.05, 0) is 71.0 Å². The summed E-state index contributed by atoms with van der Waals surface area (Å²) in [5, 5.41) is 11.0. The van der Waals surface area contributed by atoms with Crippen LogP contribution in [0.25, 0.3) is 0 Å². The topological polar surface area (TPSA) is 159 Å². The molecule has 0 fully saturated rings. The van der Waals surface area contributed by atoms with E-state index in [4.69, 9.17) is 6.42 Å². The Bertz CT molecular complexity index is 2270. The van der Waals surface area contributed by atoms with Crippen LogP contribution in [0.2, 0.25) is 0 Å². The van der Waals surface area contributed by atoms with Gasteiger partial charge >= 0.3 is 0 Å². The molecule has 0 unspecified atom stereocenters. The van der Waals surface area contributed by atoms with Crippen molar-refractivity contribution in [3.05, 3.63) is 105 Å². The Hall–Kier alpha value is -5.74. The number of carbonyl (C=O) groups is 4. The quantitative estimate of drug-likeness (QED) is 0.184. The summed E-state index contributed by atoms with van der Waals surface area (Å²) in [6.45, 7) is 16.0. The Morgan fingerprint density at radius 3 is 1.48 bits per heavy atom. The van der Waals surface area contributed by atoms with E-state index < -0.39 is 22.9 Å². The predicted molar refractivity (Wildman–Crippen MR) is 255 cm³/mol. The Morgan fingerprint density at radius 2 is 1.06 bits per heavy atom. The second-order valence-corrected chi connectivity index (χ2v) is 17.8. The van der Waals surface area contributed by atoms with Crippen LogP contribution in [0.3, 0.4) is 0 Å². The summed E-state index contributed by atoms with van der Waals surface area (Å²) in [5.41, 5.74) is 3.38. The number of aromatic nitrogens is 4. The largest absolute Gasteiger partial charge is 0.357 e. The molecule has 4 N–H and O–H groups in total. The molecule has 4 amide bonds. The van der Waals surface area contributed by atoms with Crippen molar-refractivity contribution in [2.24, 2.45) is 10.8 Å². The summed E-state index contributed by atoms with van der Waals surface area (Å²) in [6, 6.07) is 18.0. The van der Waals surface area contributed by atoms with Gasteiger partial charge < -0.3 is 30.4 Å². The molecule has 6 rings (SSSR count). The van der Waals surface area contributed by atoms with Crippen LogP contribution in [0.15, 0.2) is 65.4 Å². The van der Waals surface area contributed by atoms with E-state index in [2.05, 4.69) is 74.7 Å². The SMILES string of the molecule is C.C.C#Cc1ccccc1.CNC(=O)[C@@H](NC(=O)c1nc(Br)n2c1CN(C)CC2)C(C)(C)C.CNC(=O)[C@@H](NC(=O)c1nc(C#Cc2ccccc2)n2c1CN(C)CC2)C(C)(C)C. The lowest BCUT2D eigenvalue weighted by atomic mass is 9.86. The van der Waals surface area contributed by atoms with E-state index in [1.165, 1.54) is 0 Å². The number of hydrogen-bond donors (Lipinski definition) is 4. The maximum absolute atomic E-state index is 13.2. The Morgan fingerprint density at radius 1 is 0.651 bits per heavy atom. The molecule has 2 atom stereocenters. The molecule has 2 aliphatic rings. The number of imidazole rings is 2. The minimum absolute atomic E-state index is 0. The predicted octanol–water partition coefficient (Wildman–Crippen LogP) is 5.54. The van der Waals surface area contributed by atoms with Crippen molar-refractivity contribution in [2.45, 2.75) is 94.7 Å². The Labute approximate surface area is 383 Å². The zero-order valence-electron chi connectivity index (χ0n) is 36.9. The monoisotopic (exact) mass is 926 g/mol. The summed E-state index contributed by atoms with van der Waals surface area (Å²) < 4.78 is 4.66. The molecule has 0 spiro atoms. The number of amides is 4. The van der Waals surface area contributed by atoms with Gasteiger partial charge in [0.1, 0.15) is 12.1 Å². The molecule has 4 aromatic rings. The van der Waals surface area contributed by atoms with Gasteiger partial charge in [0.25, 0.3) is 11.8 Å². The Balaban J connectivity index is 0.000000366. The molecule has 0 saturated carbocycles. The van der Waals surface area contributed by atoms with Crippen LogP contribution >= 0.6 is 15.9 Å². The average Bonchev–Trinajstić information content (AvgIpc) is 3.76. The first-order chi connectivity index (χ1) is 28.8. The molecular formula is C48H67BrN10O4. The highest BCUT2D eigenvalue weighted by atomic mass is 79.9. The molecule has 340 valence electrons. The average molecular weight is 928 g/mol. The number of carbonyl (C=O) groups excluding carboxylic acids is 4. The van der Waals surface area contributed by atoms with Crippen LogP contribution < -0.4 is 21.3 Å². The summed E-state index contributed by atoms with van der Waals surface area (Å²) in [7, 11) is 7.15. The fourth-order valence-corrected chi connectivity index (χ4v) is 7.19. The fourth-order valence-electron chi connectivity index (χ4n) is 6.62. The van der Waals surface area contributed by atoms with Crippen molar-refractivity contribution in [1.29, 1.82) is 0 Å². The zero-order chi connectivity index (χ0) is 45.1. The van der Waals surface area contributed by atoms with E-state index in [0.29, 0.717) is 41.6 Å². The third-order valence-corrected chi connectivity index (χ3v) is 10.7. The van der Waals surface area contributed by atoms with Gasteiger partial charge in [0.05, 0.1) is 11.4 Å². The molecule has 0 aliphatic carbocycles. The van der Waals surface area contributed by atoms with Gasteiger partial charge in [-0.25, -0.2) is 9.97 Å². The van der Waals surface area contributed by atoms with Crippen molar-refractivity contribution in [2.75, 3.05) is 41.3 Å². The molecule has 14 nitrogen and oxygen atoms in total. The number of halogens is 1. The molecule has 0 bridgehead atoms. The van der Waals surface area contributed by atoms with Crippen LogP contribution in [-0.4, -0.2) is 106 Å². The lowest BCUT2D eigenvalue weighted by molar-refractivity contribution is -0.125. The maximum Gasteiger partial charge on any atom is 0.272 e. The second kappa shape index (κ2) is 23.6. The van der Waals surface area contributed by atoms with Gasteiger partial charge in [0, 0.05) is 64.5 Å². The summed E-state index contributed by atoms with van der Waals surface area (Å²) in [6.07, 6.45) is 5.10. The number of terminal acetylenes is 1. The number of likely N-dealkylation sites (N-methyl/N-ethyl adjacent to an activating group) is 4. The minimum atomic E-state index is -0.674. The molecule has 4 heterocycles. The van der Waals surface area contributed by atoms with E-state index >= 15 is 0 Å². The van der Waals surface area contributed by atoms with Gasteiger partial charge in [-0.15, -0.1) is 6.42 Å². The zero-order valence-corrected chi connectivity index (χ0v) is 38.5. The van der Waals surface area contributed by atoms with Crippen molar-refractivity contribution in [3.8, 4) is 24.2 Å². The van der Waals surface area contributed by atoms with Gasteiger partial charge in [0.2, 0.25) is 11.8 Å². The molecular weight excluding hydrogens is 860 g/mol. The van der Waals surface area contributed by atoms with Crippen LogP contribution in [0.5, 0.6) is 0 Å². The van der Waals surface area contributed by atoms with E-state index in [-0.39, 0.29) is 38.5 Å². The number of rotatable bonds is 6. The lowest BCUT2D eigenvalue weighted by Gasteiger charge is -2.30. The van der Waals surface area contributed by atoms with Crippen LogP contribution in [0, 0.1) is 35.0 Å². The van der Waals surface area contributed by atoms with E-state index in [0.717, 1.165) is 42.1 Å². The normalized spacial score (nSPS) is 14.1. The molecule has 15 heteroatoms. The number of nitrogens with one attached hydrogen (secondary N) is 4. The van der Waals surface area contributed by atoms with Crippen LogP contribution in [0.1, 0.15) is 106 Å². The summed E-state index contributed by atoms with van der Waals surface area (Å²) in [5.74, 6) is 8.22. The summed E-state index contributed by atoms with van der Waals surface area (Å²) in [4.78, 5) is 63.5. The van der Waals surface area contributed by atoms with Gasteiger partial charge in [0.15, 0.2) is 21.9 Å². The molecule has 0 radical (unpaired) electrons. The third-order valence-electron chi connectivity index (χ3n) is 10.1. The van der Waals surface area contributed by atoms with E-state index in [9.17, 15) is 19.2 Å². The Kier molecular flexibility index (Phi) is 20.0. The minimum Gasteiger partial charge on any atom is -0.357 e. The number of nitrogens with zero attached hydrogens (tertiary/aromatic N) is 6. The highest BCUT2D eigenvalue weighted by Crippen LogP contribution is 2.25. The highest BCUT2D eigenvalue weighted by Gasteiger charge is 2.36. The van der Waals surface area contributed by atoms with Crippen molar-refractivity contribution < 1.29 is 19.2 Å². The molecule has 2 aromatic carbocycles. The number of hydrogen-bond acceptors (Lipinski definition) is 8. The van der Waals surface area contributed by atoms with Gasteiger partial charge in [-0.3, -0.25) is 29.0 Å². The summed E-state index contributed by atoms with van der Waals surface area (Å²) >= 11 is 3.41. The third kappa shape index (κ3) is 14.4. The maximum atomic E-state index is 13.2. The number of fused-ring (bicyclic) bond motifs is 2. The van der Waals surface area contributed by atoms with E-state index in [1.807, 2.05) is 125 Å². The van der Waals surface area contributed by atoms with Gasteiger partial charge in [-0.2, -0.15) is 0 Å². The lowest BCUT2D eigenvalue weighted by Crippen LogP contribution is -2.53. The fraction of sp³-hybridized carbons (Fsp3) is 0.458. The van der Waals surface area contributed by atoms with E-state index in [1.54, 1.807) is 14.1 Å². The number of benzene rings is 2. The molecule has 2 aliphatic heterocycles. The first-order valence-corrected chi connectivity index (χ1v) is 20.9. The second-order valence-electron chi connectivity index (χ2n) is 17.1. The standard InChI is InChI=1S/C23H29N5O2.C15H24BrN5O2.C8H6.2CH4/c1-23(2,3)20(22(30)24-4)26-21(29)19-17-15-27(5)13-14-28(17)18(25-19)12-11-16-9-7-6-8-10-16;1-15(2,3)11(13(23)17-4)19-12(22)10-9-8-20(5)6-7-21(9)14(16)18-10;1-2-8-6-4-3-5-7-8;;/h6-10,20H,13-15H2,1-5H3,(H,24,30)(H,26,29);11H,6-8H2,1-5H3,(H,17,23)(H,19,22);1,3-7H;2*1H4/t20-;11-;;;/m11.../s1. The van der Waals surface area contributed by atoms with Crippen LogP contribution in [0.4, 0.5) is 0 Å². The molecule has 0 saturated heterocycles. The van der Waals surface area contributed by atoms with Crippen LogP contribution in [-0.2, 0) is 35.8 Å². The first kappa shape index (κ1) is 53.4.